The molecule has 0 spiro atoms. The zero-order valence-corrected chi connectivity index (χ0v) is 11.6. The van der Waals surface area contributed by atoms with Crippen LogP contribution in [0.4, 0.5) is 0 Å². The predicted octanol–water partition coefficient (Wildman–Crippen LogP) is 3.72. The smallest absolute Gasteiger partial charge is 0.0807 e. The van der Waals surface area contributed by atoms with Crippen LogP contribution in [0, 0.1) is 16.7 Å². The quantitative estimate of drug-likeness (QED) is 0.726. The van der Waals surface area contributed by atoms with Crippen LogP contribution in [0.1, 0.15) is 45.7 Å². The molecular weight excluding hydrogens is 220 g/mol. The summed E-state index contributed by atoms with van der Waals surface area (Å²) < 4.78 is 0. The zero-order chi connectivity index (χ0) is 12.8. The lowest BCUT2D eigenvalue weighted by molar-refractivity contribution is 0.137. The van der Waals surface area contributed by atoms with E-state index in [0.717, 1.165) is 11.6 Å². The Morgan fingerprint density at radius 3 is 2.72 bits per heavy atom. The van der Waals surface area contributed by atoms with Crippen LogP contribution >= 0.6 is 0 Å². The van der Waals surface area contributed by atoms with Gasteiger partial charge < -0.3 is 0 Å². The van der Waals surface area contributed by atoms with Crippen LogP contribution in [0.25, 0.3) is 0 Å². The first-order valence-electron chi connectivity index (χ1n) is 6.98. The second-order valence-electron chi connectivity index (χ2n) is 6.66. The number of aromatic nitrogens is 1. The molecule has 3 atom stereocenters. The topological polar surface area (TPSA) is 25.2 Å². The third kappa shape index (κ3) is 1.54. The summed E-state index contributed by atoms with van der Waals surface area (Å²) >= 11 is 0. The Morgan fingerprint density at radius 1 is 1.33 bits per heavy atom. The van der Waals surface area contributed by atoms with E-state index in [1.807, 2.05) is 30.6 Å². The third-order valence-electron chi connectivity index (χ3n) is 5.82. The first-order chi connectivity index (χ1) is 8.54. The van der Waals surface area contributed by atoms with E-state index in [4.69, 9.17) is 4.99 Å². The van der Waals surface area contributed by atoms with Gasteiger partial charge in [0.1, 0.15) is 0 Å². The number of aliphatic imine (C=N–C) groups is 1. The van der Waals surface area contributed by atoms with Crippen molar-refractivity contribution < 1.29 is 0 Å². The molecule has 0 unspecified atom stereocenters. The van der Waals surface area contributed by atoms with Crippen LogP contribution in [0.5, 0.6) is 0 Å². The maximum atomic E-state index is 4.86. The molecule has 2 bridgehead atoms. The fraction of sp³-hybridized carbons (Fsp3) is 0.625. The van der Waals surface area contributed by atoms with Crippen molar-refractivity contribution in [1.82, 2.24) is 4.98 Å². The first-order valence-corrected chi connectivity index (χ1v) is 6.98. The molecule has 1 aromatic heterocycles. The molecule has 2 heteroatoms. The average Bonchev–Trinajstić information content (AvgIpc) is 2.70. The molecule has 0 N–H and O–H groups in total. The molecule has 3 rings (SSSR count). The second kappa shape index (κ2) is 3.91. The Morgan fingerprint density at radius 2 is 2.17 bits per heavy atom. The molecule has 0 amide bonds. The number of rotatable bonds is 2. The van der Waals surface area contributed by atoms with E-state index in [-0.39, 0.29) is 0 Å². The van der Waals surface area contributed by atoms with E-state index in [1.54, 1.807) is 0 Å². The SMILES string of the molecule is CC1(C)[C@H]2CC[C@]1(C)[C@H](N=Cc1ccccn1)C2. The van der Waals surface area contributed by atoms with Gasteiger partial charge in [0.25, 0.3) is 0 Å². The summed E-state index contributed by atoms with van der Waals surface area (Å²) in [7, 11) is 0. The van der Waals surface area contributed by atoms with E-state index >= 15 is 0 Å². The number of nitrogens with zero attached hydrogens (tertiary/aromatic N) is 2. The van der Waals surface area contributed by atoms with Gasteiger partial charge >= 0.3 is 0 Å². The normalized spacial score (nSPS) is 37.5. The summed E-state index contributed by atoms with van der Waals surface area (Å²) in [4.78, 5) is 9.17. The van der Waals surface area contributed by atoms with Gasteiger partial charge in [-0.2, -0.15) is 0 Å². The molecule has 0 aliphatic heterocycles. The Kier molecular flexibility index (Phi) is 2.58. The van der Waals surface area contributed by atoms with Crippen LogP contribution in [0.15, 0.2) is 29.4 Å². The van der Waals surface area contributed by atoms with Crippen LogP contribution in [-0.2, 0) is 0 Å². The van der Waals surface area contributed by atoms with Gasteiger partial charge in [-0.3, -0.25) is 9.98 Å². The van der Waals surface area contributed by atoms with Crippen LogP contribution < -0.4 is 0 Å². The van der Waals surface area contributed by atoms with Crippen molar-refractivity contribution in [2.24, 2.45) is 21.7 Å². The minimum atomic E-state index is 0.378. The highest BCUT2D eigenvalue weighted by molar-refractivity contribution is 5.76. The molecule has 2 aliphatic carbocycles. The summed E-state index contributed by atoms with van der Waals surface area (Å²) in [6, 6.07) is 6.46. The Labute approximate surface area is 110 Å². The second-order valence-corrected chi connectivity index (χ2v) is 6.66. The standard InChI is InChI=1S/C16H22N2/c1-15(2)12-7-8-16(15,3)14(10-12)18-11-13-6-4-5-9-17-13/h4-6,9,11-12,14H,7-8,10H2,1-3H3/t12-,14+,16+/m0/s1. The molecule has 18 heavy (non-hydrogen) atoms. The molecule has 2 aliphatic rings. The monoisotopic (exact) mass is 242 g/mol. The highest BCUT2D eigenvalue weighted by Crippen LogP contribution is 2.66. The minimum Gasteiger partial charge on any atom is -0.287 e. The highest BCUT2D eigenvalue weighted by atomic mass is 14.9. The lowest BCUT2D eigenvalue weighted by atomic mass is 9.69. The van der Waals surface area contributed by atoms with Crippen molar-refractivity contribution in [3.05, 3.63) is 30.1 Å². The fourth-order valence-electron chi connectivity index (χ4n) is 4.01. The van der Waals surface area contributed by atoms with Crippen LogP contribution in [0.2, 0.25) is 0 Å². The van der Waals surface area contributed by atoms with E-state index in [9.17, 15) is 0 Å². The minimum absolute atomic E-state index is 0.378. The van der Waals surface area contributed by atoms with Crippen molar-refractivity contribution in [3.63, 3.8) is 0 Å². The highest BCUT2D eigenvalue weighted by Gasteiger charge is 2.61. The molecule has 0 aromatic carbocycles. The number of hydrogen-bond acceptors (Lipinski definition) is 2. The van der Waals surface area contributed by atoms with E-state index < -0.39 is 0 Å². The van der Waals surface area contributed by atoms with Crippen molar-refractivity contribution in [3.8, 4) is 0 Å². The molecule has 0 saturated heterocycles. The number of fused-ring (bicyclic) bond motifs is 2. The zero-order valence-electron chi connectivity index (χ0n) is 11.6. The average molecular weight is 242 g/mol. The van der Waals surface area contributed by atoms with Gasteiger partial charge in [0.2, 0.25) is 0 Å². The summed E-state index contributed by atoms with van der Waals surface area (Å²) in [6.45, 7) is 7.29. The Bertz CT molecular complexity index is 463. The summed E-state index contributed by atoms with van der Waals surface area (Å²) in [5.74, 6) is 0.855. The van der Waals surface area contributed by atoms with Gasteiger partial charge in [0, 0.05) is 12.4 Å². The van der Waals surface area contributed by atoms with Gasteiger partial charge in [-0.15, -0.1) is 0 Å². The fourth-order valence-corrected chi connectivity index (χ4v) is 4.01. The Hall–Kier alpha value is -1.18. The van der Waals surface area contributed by atoms with Gasteiger partial charge in [-0.25, -0.2) is 0 Å². The molecule has 1 aromatic rings. The molecule has 0 radical (unpaired) electrons. The molecule has 96 valence electrons. The lowest BCUT2D eigenvalue weighted by Gasteiger charge is -2.37. The molecular formula is C16H22N2. The number of pyridine rings is 1. The maximum absolute atomic E-state index is 4.86. The third-order valence-corrected chi connectivity index (χ3v) is 5.82. The van der Waals surface area contributed by atoms with Gasteiger partial charge in [0.15, 0.2) is 0 Å². The van der Waals surface area contributed by atoms with E-state index in [2.05, 4.69) is 25.8 Å². The van der Waals surface area contributed by atoms with Crippen LogP contribution in [-0.4, -0.2) is 17.2 Å². The van der Waals surface area contributed by atoms with Gasteiger partial charge in [-0.1, -0.05) is 26.8 Å². The van der Waals surface area contributed by atoms with Gasteiger partial charge in [0.05, 0.1) is 11.7 Å². The summed E-state index contributed by atoms with van der Waals surface area (Å²) in [5.41, 5.74) is 1.80. The lowest BCUT2D eigenvalue weighted by Crippen LogP contribution is -2.34. The van der Waals surface area contributed by atoms with Crippen molar-refractivity contribution in [1.29, 1.82) is 0 Å². The Balaban J connectivity index is 1.82. The number of hydrogen-bond donors (Lipinski definition) is 0. The van der Waals surface area contributed by atoms with Crippen molar-refractivity contribution in [2.45, 2.75) is 46.1 Å². The summed E-state index contributed by atoms with van der Waals surface area (Å²) in [5, 5.41) is 0. The summed E-state index contributed by atoms with van der Waals surface area (Å²) in [6.07, 6.45) is 7.77. The van der Waals surface area contributed by atoms with Crippen molar-refractivity contribution in [2.75, 3.05) is 0 Å². The largest absolute Gasteiger partial charge is 0.287 e. The molecule has 2 saturated carbocycles. The molecule has 2 fully saturated rings. The molecule has 1 heterocycles. The van der Waals surface area contributed by atoms with E-state index in [1.165, 1.54) is 19.3 Å². The molecule has 2 nitrogen and oxygen atoms in total. The predicted molar refractivity (Wildman–Crippen MR) is 74.8 cm³/mol. The van der Waals surface area contributed by atoms with Crippen LogP contribution in [0.3, 0.4) is 0 Å². The first kappa shape index (κ1) is 11.9. The van der Waals surface area contributed by atoms with Gasteiger partial charge in [-0.05, 0) is 48.1 Å². The van der Waals surface area contributed by atoms with Crippen molar-refractivity contribution >= 4 is 6.21 Å². The van der Waals surface area contributed by atoms with E-state index in [0.29, 0.717) is 16.9 Å². The maximum Gasteiger partial charge on any atom is 0.0807 e.